The van der Waals surface area contributed by atoms with E-state index >= 15 is 0 Å². The van der Waals surface area contributed by atoms with E-state index in [0.717, 1.165) is 0 Å². The molecule has 5 N–H and O–H groups in total. The number of aliphatic hydroxyl groups is 5. The SMILES string of the molecule is C/C=C(\C)C(=O)O[C@H]1C[C@@H](OC(C)=O)[C@@]2(C(=O)OC)CO[C@@H]3C2C12CCC(=O)C(O)C2[C@](C)(C12OC1(C)C1C[C@H]2O[C@@H]2OC=CC12O)[C@@H]3O.C/C=C(\C)C(=O)O[C@H]1C[C@@H](OC(C)=O)[C@@]2(C(=O)OC)CO[C@@H]3C2[C@]12CO[C@H](C(=O)OC)[C@H]2[C@](C)(C12OC1(C)C1C[C@H]2O[C@@H]2OC=CC12O)[C@@H]3O. The zero-order chi connectivity index (χ0) is 71.2. The number of rotatable bonds is 11. The number of hydrogen-bond donors (Lipinski definition) is 5. The first-order valence-corrected chi connectivity index (χ1v) is 34.2. The zero-order valence-electron chi connectivity index (χ0n) is 57.4. The lowest BCUT2D eigenvalue weighted by molar-refractivity contribution is -0.316. The quantitative estimate of drug-likeness (QED) is 0.0837. The summed E-state index contributed by atoms with van der Waals surface area (Å²) in [5.41, 5.74) is -16.7. The number of fused-ring (bicyclic) bond motifs is 14. The van der Waals surface area contributed by atoms with E-state index in [1.807, 2.05) is 13.8 Å². The molecule has 2 spiro atoms. The number of hydrogen-bond acceptors (Lipinski definition) is 29. The van der Waals surface area contributed by atoms with E-state index in [1.165, 1.54) is 53.8 Å². The van der Waals surface area contributed by atoms with Crippen molar-refractivity contribution in [3.05, 3.63) is 48.0 Å². The Hall–Kier alpha value is -5.96. The third kappa shape index (κ3) is 7.76. The monoisotopic (exact) mass is 1390 g/mol. The van der Waals surface area contributed by atoms with Gasteiger partial charge in [0.15, 0.2) is 23.1 Å². The van der Waals surface area contributed by atoms with Crippen LogP contribution in [0.1, 0.15) is 108 Å². The van der Waals surface area contributed by atoms with Gasteiger partial charge in [0, 0.05) is 101 Å². The van der Waals surface area contributed by atoms with E-state index in [4.69, 9.17) is 75.8 Å². The van der Waals surface area contributed by atoms with E-state index in [-0.39, 0.29) is 45.5 Å². The molecule has 14 fully saturated rings. The molecule has 0 amide bonds. The van der Waals surface area contributed by atoms with Crippen LogP contribution >= 0.6 is 0 Å². The normalized spacial score (nSPS) is 53.9. The third-order valence-electron chi connectivity index (χ3n) is 28.3. The summed E-state index contributed by atoms with van der Waals surface area (Å²) in [6.45, 7) is 15.4. The molecule has 0 aromatic rings. The second-order valence-corrected chi connectivity index (χ2v) is 31.3. The van der Waals surface area contributed by atoms with E-state index in [2.05, 4.69) is 0 Å². The van der Waals surface area contributed by atoms with Crippen molar-refractivity contribution in [3.63, 3.8) is 0 Å². The number of carbonyl (C=O) groups is 8. The molecular formula is C70H88O29. The second kappa shape index (κ2) is 21.8. The summed E-state index contributed by atoms with van der Waals surface area (Å²) in [5, 5.41) is 61.6. The molecule has 13 unspecified atom stereocenters. The van der Waals surface area contributed by atoms with Gasteiger partial charge in [0.2, 0.25) is 12.6 Å². The van der Waals surface area contributed by atoms with E-state index in [9.17, 15) is 63.9 Å². The highest BCUT2D eigenvalue weighted by molar-refractivity contribution is 5.89. The zero-order valence-corrected chi connectivity index (χ0v) is 57.4. The molecule has 542 valence electrons. The number of aliphatic hydroxyl groups excluding tert-OH is 3. The summed E-state index contributed by atoms with van der Waals surface area (Å²) in [7, 11) is 3.64. The van der Waals surface area contributed by atoms with Crippen molar-refractivity contribution in [2.24, 2.45) is 68.0 Å². The van der Waals surface area contributed by atoms with Crippen LogP contribution in [0.3, 0.4) is 0 Å². The largest absolute Gasteiger partial charge is 0.469 e. The molecule has 7 saturated carbocycles. The standard InChI is InChI=1S/C35H44O15.C35H44O14/c1-8-15(2)26(38)48-18-12-19(47-16(3)36)33(28(40)43-7)14-45-21-24(33)32(18)13-46-22(27(39)42-6)23(32)30(4,25(21)37)35-20-11-17(31(35,5)50-35)34(41)9-10-44-29(34)49-20;1-7-15(2)27(40)47-19-13-20(46-16(3)36)33(28(41)43-6)14-45-23-25(33)32(19)9-8-17(37)22(38)24(32)30(4,26(23)39)35-21-12-18(31(35,5)49-35)34(42)10-11-44-29(34)48-21/h8-10,17-25,29,37,41H,11-14H2,1-7H3;7,10-11,18-26,29,38-39,42H,8-9,12-14H2,1-6H3/b15-8+;15-7+/t17?,18-,19+,20+,21+,22-,23-,24?,25+,29-,30-,31?,32+,33-,34?,35?;18?,19-,20+,21+,22?,23+,24?,25?,26+,29-,30-,31?,32?,33-,34?,35?/m00/s1. The Morgan fingerprint density at radius 1 is 0.545 bits per heavy atom. The van der Waals surface area contributed by atoms with Crippen LogP contribution in [0.5, 0.6) is 0 Å². The van der Waals surface area contributed by atoms with E-state index in [0.29, 0.717) is 24.0 Å². The van der Waals surface area contributed by atoms with Crippen LogP contribution in [-0.2, 0) is 114 Å². The lowest BCUT2D eigenvalue weighted by atomic mass is 9.35. The summed E-state index contributed by atoms with van der Waals surface area (Å²) in [6.07, 6.45) is -7.12. The van der Waals surface area contributed by atoms with Crippen molar-refractivity contribution in [1.29, 1.82) is 0 Å². The van der Waals surface area contributed by atoms with Crippen molar-refractivity contribution in [1.82, 2.24) is 0 Å². The summed E-state index contributed by atoms with van der Waals surface area (Å²) in [4.78, 5) is 108. The number of ketones is 1. The Morgan fingerprint density at radius 3 is 1.40 bits per heavy atom. The van der Waals surface area contributed by atoms with Gasteiger partial charge < -0.3 is 101 Å². The highest BCUT2D eigenvalue weighted by Crippen LogP contribution is 2.85. The molecular weight excluding hydrogens is 1300 g/mol. The van der Waals surface area contributed by atoms with Crippen molar-refractivity contribution in [2.45, 2.75) is 227 Å². The maximum atomic E-state index is 14.2. The van der Waals surface area contributed by atoms with Crippen molar-refractivity contribution < 1.29 is 140 Å². The molecule has 29 nitrogen and oxygen atoms in total. The van der Waals surface area contributed by atoms with Crippen LogP contribution in [0.2, 0.25) is 0 Å². The Kier molecular flexibility index (Phi) is 15.2. The molecule has 9 heterocycles. The molecule has 16 aliphatic rings. The van der Waals surface area contributed by atoms with Gasteiger partial charge in [-0.2, -0.15) is 0 Å². The molecule has 0 radical (unpaired) electrons. The minimum Gasteiger partial charge on any atom is -0.469 e. The summed E-state index contributed by atoms with van der Waals surface area (Å²) < 4.78 is 97.5. The van der Waals surface area contributed by atoms with Gasteiger partial charge in [-0.15, -0.1) is 0 Å². The molecule has 29 heteroatoms. The molecule has 0 aromatic heterocycles. The average Bonchev–Trinajstić information content (AvgIpc) is 1.45. The smallest absolute Gasteiger partial charge is 0.335 e. The van der Waals surface area contributed by atoms with Crippen molar-refractivity contribution in [2.75, 3.05) is 41.2 Å². The number of epoxide rings is 2. The molecule has 7 aliphatic carbocycles. The van der Waals surface area contributed by atoms with Crippen LogP contribution in [0, 0.1) is 68.0 Å². The number of methoxy groups -OCH3 is 3. The number of Topliss-reactive ketones (excluding diaryl/α,β-unsaturated/α-hetero) is 1. The number of carbonyl (C=O) groups excluding carboxylic acids is 8. The maximum absolute atomic E-state index is 14.2. The summed E-state index contributed by atoms with van der Waals surface area (Å²) >= 11 is 0. The minimum atomic E-state index is -1.69. The van der Waals surface area contributed by atoms with Gasteiger partial charge in [0.25, 0.3) is 0 Å². The van der Waals surface area contributed by atoms with E-state index in [1.54, 1.807) is 59.8 Å². The predicted octanol–water partition coefficient (Wildman–Crippen LogP) is 1.11. The average molecular weight is 1390 g/mol. The van der Waals surface area contributed by atoms with Gasteiger partial charge in [0.1, 0.15) is 63.8 Å². The molecule has 4 bridgehead atoms. The van der Waals surface area contributed by atoms with Crippen molar-refractivity contribution >= 4 is 47.6 Å². The second-order valence-electron chi connectivity index (χ2n) is 31.3. The minimum absolute atomic E-state index is 0.0545. The van der Waals surface area contributed by atoms with Gasteiger partial charge in [-0.05, 0) is 73.0 Å². The molecule has 9 aliphatic heterocycles. The van der Waals surface area contributed by atoms with E-state index < -0.39 is 235 Å². The molecule has 99 heavy (non-hydrogen) atoms. The van der Waals surface area contributed by atoms with Gasteiger partial charge in [0.05, 0.1) is 90.3 Å². The maximum Gasteiger partial charge on any atom is 0.335 e. The number of allylic oxidation sites excluding steroid dienone is 2. The number of esters is 7. The first kappa shape index (κ1) is 68.8. The third-order valence-corrected chi connectivity index (χ3v) is 28.3. The summed E-state index contributed by atoms with van der Waals surface area (Å²) in [6, 6.07) is 0. The van der Waals surface area contributed by atoms with Gasteiger partial charge in [-0.3, -0.25) is 24.0 Å². The molecule has 16 rings (SSSR count). The van der Waals surface area contributed by atoms with Crippen LogP contribution in [-0.4, -0.2) is 234 Å². The Labute approximate surface area is 569 Å². The fraction of sp³-hybridized carbons (Fsp3) is 0.771. The van der Waals surface area contributed by atoms with Gasteiger partial charge >= 0.3 is 41.8 Å². The molecule has 32 atom stereocenters. The Balaban J connectivity index is 0.000000161. The molecule has 7 saturated heterocycles. The van der Waals surface area contributed by atoms with Crippen LogP contribution in [0.15, 0.2) is 48.0 Å². The number of ether oxygens (including phenoxy) is 16. The Bertz CT molecular complexity index is 3660. The van der Waals surface area contributed by atoms with Crippen LogP contribution in [0.4, 0.5) is 0 Å². The van der Waals surface area contributed by atoms with Crippen LogP contribution in [0.25, 0.3) is 0 Å². The lowest BCUT2D eigenvalue weighted by Gasteiger charge is -2.69. The van der Waals surface area contributed by atoms with Crippen LogP contribution < -0.4 is 0 Å². The lowest BCUT2D eigenvalue weighted by Crippen LogP contribution is -2.80. The molecule has 0 aromatic carbocycles. The highest BCUT2D eigenvalue weighted by Gasteiger charge is 2.98. The van der Waals surface area contributed by atoms with Crippen molar-refractivity contribution in [3.8, 4) is 0 Å². The van der Waals surface area contributed by atoms with Gasteiger partial charge in [-0.1, -0.05) is 26.0 Å². The summed E-state index contributed by atoms with van der Waals surface area (Å²) in [5.74, 6) is -10.8. The Morgan fingerprint density at radius 2 is 0.980 bits per heavy atom. The highest BCUT2D eigenvalue weighted by atomic mass is 16.7. The first-order valence-electron chi connectivity index (χ1n) is 34.2. The predicted molar refractivity (Wildman–Crippen MR) is 325 cm³/mol. The first-order chi connectivity index (χ1) is 46.6. The fourth-order valence-electron chi connectivity index (χ4n) is 24.4. The van der Waals surface area contributed by atoms with Gasteiger partial charge in [-0.25, -0.2) is 14.4 Å². The fourth-order valence-corrected chi connectivity index (χ4v) is 24.4. The topological polar surface area (TPSA) is 392 Å².